The molecule has 1 aliphatic rings. The summed E-state index contributed by atoms with van der Waals surface area (Å²) in [4.78, 5) is 0. The van der Waals surface area contributed by atoms with E-state index < -0.39 is 0 Å². The molecule has 0 radical (unpaired) electrons. The predicted octanol–water partition coefficient (Wildman–Crippen LogP) is 0.0707. The van der Waals surface area contributed by atoms with Crippen molar-refractivity contribution in [2.45, 2.75) is 18.9 Å². The van der Waals surface area contributed by atoms with Crippen molar-refractivity contribution in [2.24, 2.45) is 0 Å². The lowest BCUT2D eigenvalue weighted by Crippen LogP contribution is -2.16. The summed E-state index contributed by atoms with van der Waals surface area (Å²) in [5.41, 5.74) is 0. The van der Waals surface area contributed by atoms with Gasteiger partial charge in [0, 0.05) is 6.61 Å². The van der Waals surface area contributed by atoms with E-state index in [1.54, 1.807) is 0 Å². The molecule has 0 saturated carbocycles. The van der Waals surface area contributed by atoms with Gasteiger partial charge in [0.05, 0.1) is 25.9 Å². The molecule has 1 N–H and O–H groups in total. The smallest absolute Gasteiger partial charge is 0.152 e. The summed E-state index contributed by atoms with van der Waals surface area (Å²) in [5.74, 6) is 0. The van der Waals surface area contributed by atoms with Crippen molar-refractivity contribution in [1.29, 1.82) is 0 Å². The highest BCUT2D eigenvalue weighted by molar-refractivity contribution is 4.62. The molecule has 1 saturated heterocycles. The van der Waals surface area contributed by atoms with Gasteiger partial charge in [-0.05, 0) is 12.8 Å². The van der Waals surface area contributed by atoms with E-state index in [-0.39, 0.29) is 46.5 Å². The Morgan fingerprint density at radius 1 is 0.944 bits per heavy atom. The highest BCUT2D eigenvalue weighted by Crippen LogP contribution is 2.11. The van der Waals surface area contributed by atoms with E-state index in [1.807, 2.05) is 0 Å². The summed E-state index contributed by atoms with van der Waals surface area (Å²) >= 11 is 0. The minimum atomic E-state index is -0.0185. The van der Waals surface area contributed by atoms with Gasteiger partial charge in [-0.25, -0.2) is 0 Å². The van der Waals surface area contributed by atoms with Crippen molar-refractivity contribution in [3.05, 3.63) is 0 Å². The van der Waals surface area contributed by atoms with E-state index in [0.717, 1.165) is 19.4 Å². The van der Waals surface area contributed by atoms with Crippen LogP contribution in [-0.2, 0) is 28.4 Å². The second-order valence-electron chi connectivity index (χ2n) is 3.72. The molecular formula is C11H22O7. The first-order chi connectivity index (χ1) is 8.93. The second kappa shape index (κ2) is 11.8. The quantitative estimate of drug-likeness (QED) is 0.396. The SMILES string of the molecule is OCCOCOCOCOCOCC1CCCO1. The Balaban J connectivity index is 1.68. The van der Waals surface area contributed by atoms with Gasteiger partial charge in [-0.2, -0.15) is 0 Å². The second-order valence-corrected chi connectivity index (χ2v) is 3.72. The first-order valence-corrected chi connectivity index (χ1v) is 6.04. The minimum Gasteiger partial charge on any atom is -0.394 e. The molecule has 1 unspecified atom stereocenters. The Hall–Kier alpha value is -0.280. The topological polar surface area (TPSA) is 75.6 Å². The molecule has 0 aliphatic carbocycles. The number of hydrogen-bond donors (Lipinski definition) is 1. The lowest BCUT2D eigenvalue weighted by atomic mass is 10.2. The monoisotopic (exact) mass is 266 g/mol. The molecule has 1 aliphatic heterocycles. The fourth-order valence-corrected chi connectivity index (χ4v) is 1.42. The number of hydrogen-bond acceptors (Lipinski definition) is 7. The fourth-order valence-electron chi connectivity index (χ4n) is 1.42. The van der Waals surface area contributed by atoms with Crippen LogP contribution in [0.3, 0.4) is 0 Å². The third-order valence-electron chi connectivity index (χ3n) is 2.23. The van der Waals surface area contributed by atoms with Crippen molar-refractivity contribution in [2.75, 3.05) is 53.6 Å². The van der Waals surface area contributed by atoms with Crippen LogP contribution in [0, 0.1) is 0 Å². The average molecular weight is 266 g/mol. The van der Waals surface area contributed by atoms with Crippen LogP contribution < -0.4 is 0 Å². The summed E-state index contributed by atoms with van der Waals surface area (Å²) in [6.07, 6.45) is 2.37. The van der Waals surface area contributed by atoms with Gasteiger partial charge in [0.1, 0.15) is 13.6 Å². The lowest BCUT2D eigenvalue weighted by molar-refractivity contribution is -0.195. The molecule has 1 fully saturated rings. The van der Waals surface area contributed by atoms with E-state index in [1.165, 1.54) is 0 Å². The van der Waals surface area contributed by atoms with Gasteiger partial charge < -0.3 is 33.5 Å². The maximum absolute atomic E-state index is 8.41. The molecule has 0 amide bonds. The van der Waals surface area contributed by atoms with Crippen LogP contribution in [0.2, 0.25) is 0 Å². The van der Waals surface area contributed by atoms with Crippen LogP contribution in [0.4, 0.5) is 0 Å². The van der Waals surface area contributed by atoms with Gasteiger partial charge in [-0.15, -0.1) is 0 Å². The third-order valence-corrected chi connectivity index (χ3v) is 2.23. The van der Waals surface area contributed by atoms with Gasteiger partial charge in [0.25, 0.3) is 0 Å². The van der Waals surface area contributed by atoms with Crippen molar-refractivity contribution < 1.29 is 33.5 Å². The van der Waals surface area contributed by atoms with E-state index in [9.17, 15) is 0 Å². The van der Waals surface area contributed by atoms with Crippen LogP contribution in [-0.4, -0.2) is 64.8 Å². The molecule has 108 valence electrons. The first-order valence-electron chi connectivity index (χ1n) is 6.04. The fraction of sp³-hybridized carbons (Fsp3) is 1.00. The summed E-state index contributed by atoms with van der Waals surface area (Å²) in [7, 11) is 0. The van der Waals surface area contributed by atoms with Gasteiger partial charge >= 0.3 is 0 Å². The molecule has 0 spiro atoms. The summed E-state index contributed by atoms with van der Waals surface area (Å²) in [6.45, 7) is 2.09. The maximum Gasteiger partial charge on any atom is 0.152 e. The molecule has 0 bridgehead atoms. The van der Waals surface area contributed by atoms with Crippen molar-refractivity contribution in [1.82, 2.24) is 0 Å². The molecule has 0 aromatic heterocycles. The maximum atomic E-state index is 8.41. The van der Waals surface area contributed by atoms with Crippen LogP contribution in [0.15, 0.2) is 0 Å². The zero-order valence-corrected chi connectivity index (χ0v) is 10.5. The highest BCUT2D eigenvalue weighted by Gasteiger charge is 2.14. The number of ether oxygens (including phenoxy) is 6. The molecule has 7 nitrogen and oxygen atoms in total. The molecule has 7 heteroatoms. The molecule has 1 rings (SSSR count). The van der Waals surface area contributed by atoms with Gasteiger partial charge in [-0.1, -0.05) is 0 Å². The molecule has 1 heterocycles. The Morgan fingerprint density at radius 3 is 2.22 bits per heavy atom. The Morgan fingerprint density at radius 2 is 1.61 bits per heavy atom. The summed E-state index contributed by atoms with van der Waals surface area (Å²) < 4.78 is 30.5. The van der Waals surface area contributed by atoms with Crippen molar-refractivity contribution in [3.8, 4) is 0 Å². The summed E-state index contributed by atoms with van der Waals surface area (Å²) in [5, 5.41) is 8.41. The predicted molar refractivity (Wildman–Crippen MR) is 60.7 cm³/mol. The molecule has 1 atom stereocenters. The Kier molecular flexibility index (Phi) is 10.3. The largest absolute Gasteiger partial charge is 0.394 e. The lowest BCUT2D eigenvalue weighted by Gasteiger charge is -2.10. The van der Waals surface area contributed by atoms with Crippen LogP contribution >= 0.6 is 0 Å². The van der Waals surface area contributed by atoms with Crippen molar-refractivity contribution >= 4 is 0 Å². The van der Waals surface area contributed by atoms with E-state index >= 15 is 0 Å². The van der Waals surface area contributed by atoms with E-state index in [2.05, 4.69) is 0 Å². The minimum absolute atomic E-state index is 0.0185. The van der Waals surface area contributed by atoms with Gasteiger partial charge in [-0.3, -0.25) is 0 Å². The molecule has 0 aromatic carbocycles. The standard InChI is InChI=1S/C11H22O7/c12-3-5-13-7-15-9-17-10-16-8-14-6-11-2-1-4-18-11/h11-12H,1-10H2. The van der Waals surface area contributed by atoms with Crippen LogP contribution in [0.5, 0.6) is 0 Å². The zero-order valence-electron chi connectivity index (χ0n) is 10.5. The zero-order chi connectivity index (χ0) is 12.9. The first kappa shape index (κ1) is 15.8. The van der Waals surface area contributed by atoms with Crippen LogP contribution in [0.1, 0.15) is 12.8 Å². The number of rotatable bonds is 12. The summed E-state index contributed by atoms with van der Waals surface area (Å²) in [6, 6.07) is 0. The van der Waals surface area contributed by atoms with E-state index in [4.69, 9.17) is 33.5 Å². The molecule has 18 heavy (non-hydrogen) atoms. The molecular weight excluding hydrogens is 244 g/mol. The van der Waals surface area contributed by atoms with E-state index in [0.29, 0.717) is 6.61 Å². The number of aliphatic hydroxyl groups is 1. The van der Waals surface area contributed by atoms with Crippen LogP contribution in [0.25, 0.3) is 0 Å². The van der Waals surface area contributed by atoms with Gasteiger partial charge in [0.2, 0.25) is 0 Å². The normalized spacial score (nSPS) is 19.5. The Bertz CT molecular complexity index is 173. The Labute approximate surface area is 107 Å². The average Bonchev–Trinajstić information content (AvgIpc) is 2.89. The van der Waals surface area contributed by atoms with Crippen molar-refractivity contribution in [3.63, 3.8) is 0 Å². The molecule has 0 aromatic rings. The number of aliphatic hydroxyl groups excluding tert-OH is 1. The third kappa shape index (κ3) is 8.76. The van der Waals surface area contributed by atoms with Gasteiger partial charge in [0.15, 0.2) is 13.6 Å². The highest BCUT2D eigenvalue weighted by atomic mass is 16.8.